The maximum atomic E-state index is 10.1. The molecule has 102 valence electrons. The Morgan fingerprint density at radius 1 is 1.47 bits per heavy atom. The number of aryl methyl sites for hydroxylation is 3. The molecule has 5 heteroatoms. The Hall–Kier alpha value is -1.39. The van der Waals surface area contributed by atoms with E-state index in [9.17, 15) is 5.11 Å². The average Bonchev–Trinajstić information content (AvgIpc) is 2.64. The first-order chi connectivity index (χ1) is 9.08. The van der Waals surface area contributed by atoms with Gasteiger partial charge in [0.25, 0.3) is 0 Å². The molecule has 2 heterocycles. The van der Waals surface area contributed by atoms with E-state index in [0.29, 0.717) is 18.0 Å². The van der Waals surface area contributed by atoms with Gasteiger partial charge in [0.05, 0.1) is 11.8 Å². The van der Waals surface area contributed by atoms with Crippen LogP contribution in [0.2, 0.25) is 5.15 Å². The summed E-state index contributed by atoms with van der Waals surface area (Å²) in [5, 5.41) is 15.0. The lowest BCUT2D eigenvalue weighted by Gasteiger charge is -2.10. The van der Waals surface area contributed by atoms with Gasteiger partial charge in [-0.15, -0.1) is 0 Å². The van der Waals surface area contributed by atoms with Gasteiger partial charge in [0.1, 0.15) is 5.15 Å². The van der Waals surface area contributed by atoms with Crippen LogP contribution in [0.15, 0.2) is 24.5 Å². The standard InChI is InChI=1S/C14H18ClN3O/c1-10-13(14(15)18(2)17-10)8-12(19)6-5-11-4-3-7-16-9-11/h3-4,7,9,12,19H,5-6,8H2,1-2H3. The number of rotatable bonds is 5. The number of aliphatic hydroxyl groups excluding tert-OH is 1. The van der Waals surface area contributed by atoms with Crippen molar-refractivity contribution in [3.05, 3.63) is 46.5 Å². The summed E-state index contributed by atoms with van der Waals surface area (Å²) in [4.78, 5) is 4.06. The van der Waals surface area contributed by atoms with E-state index < -0.39 is 6.10 Å². The minimum Gasteiger partial charge on any atom is -0.393 e. The third kappa shape index (κ3) is 3.55. The van der Waals surface area contributed by atoms with Crippen LogP contribution in [0.1, 0.15) is 23.2 Å². The summed E-state index contributed by atoms with van der Waals surface area (Å²) in [5.74, 6) is 0. The molecule has 0 aliphatic rings. The second kappa shape index (κ2) is 6.17. The van der Waals surface area contributed by atoms with Gasteiger partial charge in [-0.3, -0.25) is 9.67 Å². The minimum atomic E-state index is -0.416. The van der Waals surface area contributed by atoms with E-state index in [1.807, 2.05) is 25.3 Å². The van der Waals surface area contributed by atoms with Crippen molar-refractivity contribution in [2.75, 3.05) is 0 Å². The number of hydrogen-bond donors (Lipinski definition) is 1. The molecule has 1 N–H and O–H groups in total. The van der Waals surface area contributed by atoms with Crippen molar-refractivity contribution in [1.82, 2.24) is 14.8 Å². The van der Waals surface area contributed by atoms with Gasteiger partial charge in [-0.2, -0.15) is 5.10 Å². The fraction of sp³-hybridized carbons (Fsp3) is 0.429. The first kappa shape index (κ1) is 14.0. The molecule has 0 spiro atoms. The topological polar surface area (TPSA) is 50.9 Å². The Morgan fingerprint density at radius 3 is 2.84 bits per heavy atom. The molecule has 0 aromatic carbocycles. The number of halogens is 1. The molecule has 0 amide bonds. The fourth-order valence-electron chi connectivity index (χ4n) is 2.12. The fourth-order valence-corrected chi connectivity index (χ4v) is 2.37. The Bertz CT molecular complexity index is 539. The summed E-state index contributed by atoms with van der Waals surface area (Å²) in [6.07, 6.45) is 5.20. The zero-order valence-electron chi connectivity index (χ0n) is 11.2. The molecule has 0 aliphatic heterocycles. The molecule has 1 unspecified atom stereocenters. The first-order valence-electron chi connectivity index (χ1n) is 6.33. The molecular weight excluding hydrogens is 262 g/mol. The van der Waals surface area contributed by atoms with Crippen molar-refractivity contribution < 1.29 is 5.11 Å². The lowest BCUT2D eigenvalue weighted by atomic mass is 10.0. The van der Waals surface area contributed by atoms with Crippen LogP contribution in [0.25, 0.3) is 0 Å². The highest BCUT2D eigenvalue weighted by Gasteiger charge is 2.15. The predicted molar refractivity (Wildman–Crippen MR) is 75.2 cm³/mol. The van der Waals surface area contributed by atoms with E-state index in [1.54, 1.807) is 17.9 Å². The summed E-state index contributed by atoms with van der Waals surface area (Å²) < 4.78 is 1.64. The predicted octanol–water partition coefficient (Wildman–Crippen LogP) is 2.31. The lowest BCUT2D eigenvalue weighted by Crippen LogP contribution is -2.12. The summed E-state index contributed by atoms with van der Waals surface area (Å²) in [5.41, 5.74) is 2.95. The molecule has 0 radical (unpaired) electrons. The number of pyridine rings is 1. The lowest BCUT2D eigenvalue weighted by molar-refractivity contribution is 0.165. The summed E-state index contributed by atoms with van der Waals surface area (Å²) in [7, 11) is 1.81. The molecule has 4 nitrogen and oxygen atoms in total. The highest BCUT2D eigenvalue weighted by atomic mass is 35.5. The van der Waals surface area contributed by atoms with Crippen molar-refractivity contribution in [2.45, 2.75) is 32.3 Å². The van der Waals surface area contributed by atoms with Crippen LogP contribution >= 0.6 is 11.6 Å². The van der Waals surface area contributed by atoms with E-state index >= 15 is 0 Å². The van der Waals surface area contributed by atoms with Gasteiger partial charge in [0.2, 0.25) is 0 Å². The molecule has 2 aromatic heterocycles. The number of aromatic nitrogens is 3. The monoisotopic (exact) mass is 279 g/mol. The third-order valence-corrected chi connectivity index (χ3v) is 3.67. The largest absolute Gasteiger partial charge is 0.393 e. The van der Waals surface area contributed by atoms with Gasteiger partial charge in [-0.05, 0) is 31.4 Å². The number of nitrogens with zero attached hydrogens (tertiary/aromatic N) is 3. The van der Waals surface area contributed by atoms with E-state index in [1.165, 1.54) is 0 Å². The Morgan fingerprint density at radius 2 is 2.26 bits per heavy atom. The minimum absolute atomic E-state index is 0.416. The number of aliphatic hydroxyl groups is 1. The van der Waals surface area contributed by atoms with Crippen molar-refractivity contribution >= 4 is 11.6 Å². The van der Waals surface area contributed by atoms with Gasteiger partial charge in [-0.1, -0.05) is 17.7 Å². The van der Waals surface area contributed by atoms with Crippen LogP contribution in [0.4, 0.5) is 0 Å². The van der Waals surface area contributed by atoms with Crippen molar-refractivity contribution in [1.29, 1.82) is 0 Å². The number of hydrogen-bond acceptors (Lipinski definition) is 3. The van der Waals surface area contributed by atoms with Gasteiger partial charge < -0.3 is 5.11 Å². The molecule has 1 atom stereocenters. The molecule has 0 saturated heterocycles. The van der Waals surface area contributed by atoms with E-state index in [2.05, 4.69) is 10.1 Å². The van der Waals surface area contributed by atoms with E-state index in [0.717, 1.165) is 23.2 Å². The molecule has 0 fully saturated rings. The van der Waals surface area contributed by atoms with Crippen LogP contribution in [0.3, 0.4) is 0 Å². The Labute approximate surface area is 118 Å². The Balaban J connectivity index is 1.92. The van der Waals surface area contributed by atoms with Crippen molar-refractivity contribution in [2.24, 2.45) is 7.05 Å². The van der Waals surface area contributed by atoms with Crippen LogP contribution < -0.4 is 0 Å². The van der Waals surface area contributed by atoms with E-state index in [4.69, 9.17) is 11.6 Å². The quantitative estimate of drug-likeness (QED) is 0.914. The molecule has 0 bridgehead atoms. The van der Waals surface area contributed by atoms with Gasteiger partial charge >= 0.3 is 0 Å². The molecule has 2 rings (SSSR count). The molecule has 19 heavy (non-hydrogen) atoms. The summed E-state index contributed by atoms with van der Waals surface area (Å²) in [6, 6.07) is 3.92. The zero-order valence-corrected chi connectivity index (χ0v) is 11.9. The summed E-state index contributed by atoms with van der Waals surface area (Å²) >= 11 is 6.15. The van der Waals surface area contributed by atoms with E-state index in [-0.39, 0.29) is 0 Å². The van der Waals surface area contributed by atoms with Crippen LogP contribution in [0, 0.1) is 6.92 Å². The highest BCUT2D eigenvalue weighted by Crippen LogP contribution is 2.21. The highest BCUT2D eigenvalue weighted by molar-refractivity contribution is 6.30. The molecule has 0 aliphatic carbocycles. The molecule has 0 saturated carbocycles. The maximum absolute atomic E-state index is 10.1. The second-order valence-electron chi connectivity index (χ2n) is 4.74. The maximum Gasteiger partial charge on any atom is 0.130 e. The molecule has 2 aromatic rings. The smallest absolute Gasteiger partial charge is 0.130 e. The normalized spacial score (nSPS) is 12.6. The van der Waals surface area contributed by atoms with Crippen molar-refractivity contribution in [3.63, 3.8) is 0 Å². The molecular formula is C14H18ClN3O. The van der Waals surface area contributed by atoms with Gasteiger partial charge in [-0.25, -0.2) is 0 Å². The Kier molecular flexibility index (Phi) is 4.56. The van der Waals surface area contributed by atoms with Crippen LogP contribution in [-0.4, -0.2) is 26.0 Å². The second-order valence-corrected chi connectivity index (χ2v) is 5.09. The van der Waals surface area contributed by atoms with Crippen LogP contribution in [-0.2, 0) is 19.9 Å². The first-order valence-corrected chi connectivity index (χ1v) is 6.70. The van der Waals surface area contributed by atoms with Gasteiger partial charge in [0, 0.05) is 31.4 Å². The third-order valence-electron chi connectivity index (χ3n) is 3.20. The summed E-state index contributed by atoms with van der Waals surface area (Å²) in [6.45, 7) is 1.91. The zero-order chi connectivity index (χ0) is 13.8. The van der Waals surface area contributed by atoms with Crippen LogP contribution in [0.5, 0.6) is 0 Å². The van der Waals surface area contributed by atoms with Crippen molar-refractivity contribution in [3.8, 4) is 0 Å². The average molecular weight is 280 g/mol. The van der Waals surface area contributed by atoms with Gasteiger partial charge in [0.15, 0.2) is 0 Å². The SMILES string of the molecule is Cc1nn(C)c(Cl)c1CC(O)CCc1cccnc1.